The molecule has 2 N–H and O–H groups in total. The molecule has 1 aromatic carbocycles. The predicted molar refractivity (Wildman–Crippen MR) is 77.7 cm³/mol. The van der Waals surface area contributed by atoms with E-state index < -0.39 is 10.0 Å². The molecule has 0 saturated carbocycles. The third-order valence-corrected chi connectivity index (χ3v) is 4.97. The molecule has 1 fully saturated rings. The molecule has 21 heavy (non-hydrogen) atoms. The minimum atomic E-state index is -3.58. The number of benzene rings is 1. The van der Waals surface area contributed by atoms with Crippen molar-refractivity contribution < 1.29 is 23.0 Å². The Labute approximate surface area is 125 Å². The van der Waals surface area contributed by atoms with Gasteiger partial charge in [0, 0.05) is 18.7 Å². The van der Waals surface area contributed by atoms with Crippen LogP contribution in [0.5, 0.6) is 5.75 Å². The Morgan fingerprint density at radius 3 is 2.90 bits per heavy atom. The molecule has 1 aliphatic heterocycles. The Bertz CT molecular complexity index is 567. The Hall–Kier alpha value is -1.15. The van der Waals surface area contributed by atoms with Gasteiger partial charge in [0.15, 0.2) is 0 Å². The lowest BCUT2D eigenvalue weighted by Gasteiger charge is -2.12. The van der Waals surface area contributed by atoms with Crippen LogP contribution in [0, 0.1) is 0 Å². The smallest absolute Gasteiger partial charge is 0.240 e. The fourth-order valence-corrected chi connectivity index (χ4v) is 3.45. The molecule has 0 aliphatic carbocycles. The van der Waals surface area contributed by atoms with Gasteiger partial charge >= 0.3 is 0 Å². The highest BCUT2D eigenvalue weighted by molar-refractivity contribution is 7.89. The van der Waals surface area contributed by atoms with E-state index in [1.165, 1.54) is 19.2 Å². The van der Waals surface area contributed by atoms with Gasteiger partial charge in [-0.15, -0.1) is 0 Å². The maximum Gasteiger partial charge on any atom is 0.240 e. The summed E-state index contributed by atoms with van der Waals surface area (Å²) in [6, 6.07) is 4.43. The second-order valence-electron chi connectivity index (χ2n) is 4.95. The lowest BCUT2D eigenvalue weighted by atomic mass is 10.2. The monoisotopic (exact) mass is 315 g/mol. The van der Waals surface area contributed by atoms with Crippen molar-refractivity contribution in [1.29, 1.82) is 0 Å². The van der Waals surface area contributed by atoms with Gasteiger partial charge in [-0.05, 0) is 37.5 Å². The van der Waals surface area contributed by atoms with E-state index in [1.807, 2.05) is 0 Å². The van der Waals surface area contributed by atoms with E-state index in [0.29, 0.717) is 24.3 Å². The average Bonchev–Trinajstić information content (AvgIpc) is 2.99. The lowest BCUT2D eigenvalue weighted by Crippen LogP contribution is -2.27. The van der Waals surface area contributed by atoms with Crippen molar-refractivity contribution in [3.05, 3.63) is 23.8 Å². The second kappa shape index (κ2) is 7.22. The number of rotatable bonds is 7. The van der Waals surface area contributed by atoms with Gasteiger partial charge in [0.2, 0.25) is 10.0 Å². The highest BCUT2D eigenvalue weighted by atomic mass is 32.2. The van der Waals surface area contributed by atoms with Crippen molar-refractivity contribution in [2.45, 2.75) is 36.9 Å². The average molecular weight is 315 g/mol. The van der Waals surface area contributed by atoms with Crippen LogP contribution < -0.4 is 9.46 Å². The molecule has 0 amide bonds. The van der Waals surface area contributed by atoms with Gasteiger partial charge in [0.1, 0.15) is 5.75 Å². The summed E-state index contributed by atoms with van der Waals surface area (Å²) in [6.45, 7) is 0.825. The Morgan fingerprint density at radius 2 is 2.29 bits per heavy atom. The molecule has 1 atom stereocenters. The highest BCUT2D eigenvalue weighted by Crippen LogP contribution is 2.22. The largest absolute Gasteiger partial charge is 0.496 e. The SMILES string of the molecule is COc1ccc(S(=O)(=O)NCCC2CCCO2)cc1CO. The molecule has 0 bridgehead atoms. The first-order chi connectivity index (χ1) is 10.1. The number of aliphatic hydroxyl groups excluding tert-OH is 1. The first-order valence-corrected chi connectivity index (χ1v) is 8.44. The number of methoxy groups -OCH3 is 1. The molecule has 1 saturated heterocycles. The van der Waals surface area contributed by atoms with E-state index in [-0.39, 0.29) is 17.6 Å². The van der Waals surface area contributed by atoms with Gasteiger partial charge in [-0.3, -0.25) is 0 Å². The summed E-state index contributed by atoms with van der Waals surface area (Å²) in [5, 5.41) is 9.25. The number of aliphatic hydroxyl groups is 1. The summed E-state index contributed by atoms with van der Waals surface area (Å²) in [5.41, 5.74) is 0.444. The first kappa shape index (κ1) is 16.2. The second-order valence-corrected chi connectivity index (χ2v) is 6.72. The van der Waals surface area contributed by atoms with Crippen LogP contribution >= 0.6 is 0 Å². The van der Waals surface area contributed by atoms with Crippen LogP contribution in [-0.4, -0.2) is 39.9 Å². The van der Waals surface area contributed by atoms with Crippen LogP contribution in [-0.2, 0) is 21.4 Å². The molecule has 118 valence electrons. The van der Waals surface area contributed by atoms with Gasteiger partial charge in [-0.1, -0.05) is 0 Å². The van der Waals surface area contributed by atoms with Crippen molar-refractivity contribution in [2.24, 2.45) is 0 Å². The van der Waals surface area contributed by atoms with E-state index in [0.717, 1.165) is 19.4 Å². The molecule has 1 heterocycles. The summed E-state index contributed by atoms with van der Waals surface area (Å²) < 4.78 is 37.5. The van der Waals surface area contributed by atoms with Crippen molar-refractivity contribution in [3.8, 4) is 5.75 Å². The van der Waals surface area contributed by atoms with Crippen LogP contribution in [0.25, 0.3) is 0 Å². The number of hydrogen-bond donors (Lipinski definition) is 2. The van der Waals surface area contributed by atoms with E-state index in [9.17, 15) is 13.5 Å². The molecule has 2 rings (SSSR count). The number of sulfonamides is 1. The number of ether oxygens (including phenoxy) is 2. The van der Waals surface area contributed by atoms with Crippen LogP contribution in [0.2, 0.25) is 0 Å². The summed E-state index contributed by atoms with van der Waals surface area (Å²) in [4.78, 5) is 0.125. The van der Waals surface area contributed by atoms with Crippen molar-refractivity contribution in [2.75, 3.05) is 20.3 Å². The van der Waals surface area contributed by atoms with Crippen molar-refractivity contribution >= 4 is 10.0 Å². The Balaban J connectivity index is 2.01. The van der Waals surface area contributed by atoms with Gasteiger partial charge in [0.25, 0.3) is 0 Å². The zero-order chi connectivity index (χ0) is 15.3. The third-order valence-electron chi connectivity index (χ3n) is 3.51. The fourth-order valence-electron chi connectivity index (χ4n) is 2.36. The van der Waals surface area contributed by atoms with E-state index in [2.05, 4.69) is 4.72 Å². The van der Waals surface area contributed by atoms with Gasteiger partial charge in [-0.2, -0.15) is 0 Å². The van der Waals surface area contributed by atoms with Gasteiger partial charge in [0.05, 0.1) is 24.7 Å². The Morgan fingerprint density at radius 1 is 1.48 bits per heavy atom. The molecule has 1 aliphatic rings. The van der Waals surface area contributed by atoms with Gasteiger partial charge < -0.3 is 14.6 Å². The zero-order valence-electron chi connectivity index (χ0n) is 12.0. The molecule has 1 unspecified atom stereocenters. The summed E-state index contributed by atoms with van der Waals surface area (Å²) in [5.74, 6) is 0.468. The molecular formula is C14H21NO5S. The summed E-state index contributed by atoms with van der Waals surface area (Å²) in [6.07, 6.45) is 2.84. The zero-order valence-corrected chi connectivity index (χ0v) is 12.9. The van der Waals surface area contributed by atoms with Crippen LogP contribution in [0.1, 0.15) is 24.8 Å². The molecule has 0 spiro atoms. The highest BCUT2D eigenvalue weighted by Gasteiger charge is 2.19. The van der Waals surface area contributed by atoms with Crippen LogP contribution in [0.15, 0.2) is 23.1 Å². The normalized spacial score (nSPS) is 18.9. The van der Waals surface area contributed by atoms with Crippen molar-refractivity contribution in [1.82, 2.24) is 4.72 Å². The van der Waals surface area contributed by atoms with E-state index >= 15 is 0 Å². The Kier molecular flexibility index (Phi) is 5.58. The lowest BCUT2D eigenvalue weighted by molar-refractivity contribution is 0.105. The van der Waals surface area contributed by atoms with Gasteiger partial charge in [-0.25, -0.2) is 13.1 Å². The molecule has 7 heteroatoms. The minimum Gasteiger partial charge on any atom is -0.496 e. The first-order valence-electron chi connectivity index (χ1n) is 6.96. The molecule has 0 aromatic heterocycles. The number of hydrogen-bond acceptors (Lipinski definition) is 5. The maximum absolute atomic E-state index is 12.2. The number of nitrogens with one attached hydrogen (secondary N) is 1. The standard InChI is InChI=1S/C14H21NO5S/c1-19-14-5-4-13(9-11(14)10-16)21(17,18)15-7-6-12-3-2-8-20-12/h4-5,9,12,15-16H,2-3,6-8,10H2,1H3. The van der Waals surface area contributed by atoms with Crippen LogP contribution in [0.4, 0.5) is 0 Å². The van der Waals surface area contributed by atoms with E-state index in [4.69, 9.17) is 9.47 Å². The third kappa shape index (κ3) is 4.16. The minimum absolute atomic E-state index is 0.125. The van der Waals surface area contributed by atoms with E-state index in [1.54, 1.807) is 6.07 Å². The molecule has 6 nitrogen and oxygen atoms in total. The molecule has 1 aromatic rings. The summed E-state index contributed by atoms with van der Waals surface area (Å²) >= 11 is 0. The topological polar surface area (TPSA) is 84.9 Å². The summed E-state index contributed by atoms with van der Waals surface area (Å²) in [7, 11) is -2.11. The fraction of sp³-hybridized carbons (Fsp3) is 0.571. The predicted octanol–water partition coefficient (Wildman–Crippen LogP) is 1.03. The molecular weight excluding hydrogens is 294 g/mol. The molecule has 0 radical (unpaired) electrons. The quantitative estimate of drug-likeness (QED) is 0.785. The maximum atomic E-state index is 12.2. The van der Waals surface area contributed by atoms with Crippen LogP contribution in [0.3, 0.4) is 0 Å². The van der Waals surface area contributed by atoms with Crippen molar-refractivity contribution in [3.63, 3.8) is 0 Å².